The van der Waals surface area contributed by atoms with Gasteiger partial charge in [0.2, 0.25) is 11.5 Å². The van der Waals surface area contributed by atoms with Crippen LogP contribution >= 0.6 is 0 Å². The standard InChI is InChI=1S/C26H26O8/c1-31-20-11-19-16(15-6-4-12-8-13(27)5-7-14(12)22(15)20)9-18(28)25(34-19)17-10-21(32-2)24(30)26(33-3)23(17)29/h5,7-8,10-11,18,25,27-30H,4,6,9H2,1-3H3. The second-order valence-corrected chi connectivity index (χ2v) is 8.46. The van der Waals surface area contributed by atoms with E-state index in [1.165, 1.54) is 20.3 Å². The van der Waals surface area contributed by atoms with E-state index in [0.29, 0.717) is 24.3 Å². The van der Waals surface area contributed by atoms with E-state index in [-0.39, 0.29) is 34.3 Å². The summed E-state index contributed by atoms with van der Waals surface area (Å²) in [5, 5.41) is 42.0. The number of phenolic OH excluding ortho intramolecular Hbond substituents is 3. The van der Waals surface area contributed by atoms with Gasteiger partial charge in [-0.25, -0.2) is 0 Å². The minimum absolute atomic E-state index is 0.0918. The number of phenols is 3. The van der Waals surface area contributed by atoms with Crippen LogP contribution in [0.5, 0.6) is 40.2 Å². The lowest BCUT2D eigenvalue weighted by Crippen LogP contribution is -2.31. The first-order chi connectivity index (χ1) is 16.4. The number of aryl methyl sites for hydroxylation is 1. The van der Waals surface area contributed by atoms with Crippen LogP contribution in [0, 0.1) is 0 Å². The number of benzene rings is 3. The van der Waals surface area contributed by atoms with Crippen molar-refractivity contribution in [1.29, 1.82) is 0 Å². The molecule has 4 N–H and O–H groups in total. The lowest BCUT2D eigenvalue weighted by Gasteiger charge is -2.35. The van der Waals surface area contributed by atoms with E-state index in [2.05, 4.69) is 0 Å². The molecule has 0 aromatic heterocycles. The van der Waals surface area contributed by atoms with Gasteiger partial charge in [0.15, 0.2) is 17.6 Å². The Balaban J connectivity index is 1.63. The monoisotopic (exact) mass is 466 g/mol. The first kappa shape index (κ1) is 22.0. The van der Waals surface area contributed by atoms with Gasteiger partial charge >= 0.3 is 0 Å². The summed E-state index contributed by atoms with van der Waals surface area (Å²) in [6, 6.07) is 8.54. The Morgan fingerprint density at radius 3 is 2.32 bits per heavy atom. The molecule has 0 bridgehead atoms. The number of aromatic hydroxyl groups is 3. The SMILES string of the molecule is COc1cc(C2Oc3cc(OC)c4c(c3CC2O)CCc2cc(O)ccc2-4)c(O)c(OC)c1O. The van der Waals surface area contributed by atoms with Crippen LogP contribution < -0.4 is 18.9 Å². The zero-order valence-electron chi connectivity index (χ0n) is 19.1. The van der Waals surface area contributed by atoms with Crippen molar-refractivity contribution in [3.8, 4) is 51.4 Å². The van der Waals surface area contributed by atoms with Gasteiger partial charge in [-0.1, -0.05) is 6.07 Å². The van der Waals surface area contributed by atoms with Crippen molar-refractivity contribution < 1.29 is 39.4 Å². The molecule has 0 saturated heterocycles. The second kappa shape index (κ2) is 8.22. The lowest BCUT2D eigenvalue weighted by molar-refractivity contribution is 0.0187. The van der Waals surface area contributed by atoms with Crippen LogP contribution in [0.2, 0.25) is 0 Å². The van der Waals surface area contributed by atoms with Crippen LogP contribution in [0.1, 0.15) is 28.4 Å². The van der Waals surface area contributed by atoms with E-state index in [1.807, 2.05) is 6.07 Å². The Bertz CT molecular complexity index is 1280. The fourth-order valence-corrected chi connectivity index (χ4v) is 5.08. The summed E-state index contributed by atoms with van der Waals surface area (Å²) in [7, 11) is 4.30. The topological polar surface area (TPSA) is 118 Å². The highest BCUT2D eigenvalue weighted by atomic mass is 16.5. The molecular weight excluding hydrogens is 440 g/mol. The molecule has 1 aliphatic carbocycles. The number of fused-ring (bicyclic) bond motifs is 5. The molecule has 8 heteroatoms. The van der Waals surface area contributed by atoms with Gasteiger partial charge in [0, 0.05) is 29.2 Å². The number of hydrogen-bond donors (Lipinski definition) is 4. The average molecular weight is 466 g/mol. The summed E-state index contributed by atoms with van der Waals surface area (Å²) in [6.07, 6.45) is -0.158. The fraction of sp³-hybridized carbons (Fsp3) is 0.308. The van der Waals surface area contributed by atoms with E-state index in [0.717, 1.165) is 34.2 Å². The highest BCUT2D eigenvalue weighted by Gasteiger charge is 2.37. The van der Waals surface area contributed by atoms with Crippen molar-refractivity contribution in [2.45, 2.75) is 31.5 Å². The molecule has 0 radical (unpaired) electrons. The first-order valence-electron chi connectivity index (χ1n) is 10.9. The Morgan fingerprint density at radius 1 is 0.853 bits per heavy atom. The molecule has 3 aromatic carbocycles. The van der Waals surface area contributed by atoms with Crippen molar-refractivity contribution in [3.63, 3.8) is 0 Å². The molecule has 2 unspecified atom stereocenters. The van der Waals surface area contributed by atoms with Gasteiger partial charge in [-0.05, 0) is 47.7 Å². The third kappa shape index (κ3) is 3.25. The van der Waals surface area contributed by atoms with Crippen LogP contribution in [0.15, 0.2) is 30.3 Å². The maximum atomic E-state index is 11.1. The van der Waals surface area contributed by atoms with E-state index in [4.69, 9.17) is 18.9 Å². The Labute approximate surface area is 196 Å². The van der Waals surface area contributed by atoms with Crippen LogP contribution in [0.4, 0.5) is 0 Å². The van der Waals surface area contributed by atoms with E-state index in [9.17, 15) is 20.4 Å². The maximum Gasteiger partial charge on any atom is 0.207 e. The quantitative estimate of drug-likeness (QED) is 0.461. The lowest BCUT2D eigenvalue weighted by atomic mass is 9.80. The van der Waals surface area contributed by atoms with Gasteiger partial charge in [-0.3, -0.25) is 0 Å². The Hall–Kier alpha value is -3.78. The normalized spacial score (nSPS) is 18.2. The van der Waals surface area contributed by atoms with Crippen LogP contribution in [0.25, 0.3) is 11.1 Å². The molecule has 0 fully saturated rings. The predicted molar refractivity (Wildman–Crippen MR) is 123 cm³/mol. The van der Waals surface area contributed by atoms with Gasteiger partial charge in [0.25, 0.3) is 0 Å². The minimum Gasteiger partial charge on any atom is -0.508 e. The van der Waals surface area contributed by atoms with Gasteiger partial charge in [0.1, 0.15) is 17.2 Å². The molecule has 2 aliphatic rings. The maximum absolute atomic E-state index is 11.1. The number of hydrogen-bond acceptors (Lipinski definition) is 8. The summed E-state index contributed by atoms with van der Waals surface area (Å²) >= 11 is 0. The predicted octanol–water partition coefficient (Wildman–Crippen LogP) is 3.63. The Kier molecular flexibility index (Phi) is 5.32. The number of ether oxygens (including phenoxy) is 4. The van der Waals surface area contributed by atoms with Gasteiger partial charge < -0.3 is 39.4 Å². The van der Waals surface area contributed by atoms with Gasteiger partial charge in [0.05, 0.1) is 27.4 Å². The van der Waals surface area contributed by atoms with Crippen molar-refractivity contribution in [2.24, 2.45) is 0 Å². The molecule has 0 amide bonds. The Morgan fingerprint density at radius 2 is 1.62 bits per heavy atom. The number of aliphatic hydroxyl groups excluding tert-OH is 1. The van der Waals surface area contributed by atoms with Crippen molar-refractivity contribution in [3.05, 3.63) is 52.6 Å². The zero-order valence-corrected chi connectivity index (χ0v) is 19.1. The minimum atomic E-state index is -0.976. The second-order valence-electron chi connectivity index (χ2n) is 8.46. The highest BCUT2D eigenvalue weighted by molar-refractivity contribution is 5.82. The zero-order chi connectivity index (χ0) is 24.1. The largest absolute Gasteiger partial charge is 0.508 e. The van der Waals surface area contributed by atoms with Crippen LogP contribution in [0.3, 0.4) is 0 Å². The smallest absolute Gasteiger partial charge is 0.207 e. The molecule has 3 aromatic rings. The van der Waals surface area contributed by atoms with Crippen LogP contribution in [-0.4, -0.2) is 47.9 Å². The molecule has 1 aliphatic heterocycles. The number of rotatable bonds is 4. The fourth-order valence-electron chi connectivity index (χ4n) is 5.08. The van der Waals surface area contributed by atoms with Gasteiger partial charge in [-0.2, -0.15) is 0 Å². The third-order valence-electron chi connectivity index (χ3n) is 6.67. The van der Waals surface area contributed by atoms with Crippen molar-refractivity contribution >= 4 is 0 Å². The van der Waals surface area contributed by atoms with E-state index >= 15 is 0 Å². The molecular formula is C26H26O8. The molecule has 2 atom stereocenters. The van der Waals surface area contributed by atoms with Crippen molar-refractivity contribution in [1.82, 2.24) is 0 Å². The summed E-state index contributed by atoms with van der Waals surface area (Å²) in [6.45, 7) is 0. The molecule has 5 rings (SSSR count). The molecule has 1 heterocycles. The summed E-state index contributed by atoms with van der Waals surface area (Å²) in [5.41, 5.74) is 5.12. The van der Waals surface area contributed by atoms with Gasteiger partial charge in [-0.15, -0.1) is 0 Å². The summed E-state index contributed by atoms with van der Waals surface area (Å²) < 4.78 is 22.3. The molecule has 8 nitrogen and oxygen atoms in total. The molecule has 0 spiro atoms. The van der Waals surface area contributed by atoms with Crippen molar-refractivity contribution in [2.75, 3.05) is 21.3 Å². The summed E-state index contributed by atoms with van der Waals surface area (Å²) in [5.74, 6) is 0.678. The molecule has 34 heavy (non-hydrogen) atoms. The third-order valence-corrected chi connectivity index (χ3v) is 6.67. The summed E-state index contributed by atoms with van der Waals surface area (Å²) in [4.78, 5) is 0. The molecule has 178 valence electrons. The van der Waals surface area contributed by atoms with E-state index in [1.54, 1.807) is 25.3 Å². The number of methoxy groups -OCH3 is 3. The first-order valence-corrected chi connectivity index (χ1v) is 10.9. The highest BCUT2D eigenvalue weighted by Crippen LogP contribution is 2.52. The molecule has 0 saturated carbocycles. The average Bonchev–Trinajstić information content (AvgIpc) is 2.83. The number of aliphatic hydroxyl groups is 1. The van der Waals surface area contributed by atoms with E-state index < -0.39 is 12.2 Å². The van der Waals surface area contributed by atoms with Crippen LogP contribution in [-0.2, 0) is 19.3 Å².